The van der Waals surface area contributed by atoms with Crippen molar-refractivity contribution in [1.29, 1.82) is 0 Å². The van der Waals surface area contributed by atoms with Crippen LogP contribution in [0.4, 0.5) is 0 Å². The van der Waals surface area contributed by atoms with Crippen LogP contribution in [-0.2, 0) is 19.9 Å². The lowest BCUT2D eigenvalue weighted by Gasteiger charge is -2.40. The van der Waals surface area contributed by atoms with Gasteiger partial charge >= 0.3 is 5.97 Å². The number of hydrogen-bond donors (Lipinski definition) is 1. The zero-order chi connectivity index (χ0) is 21.4. The summed E-state index contributed by atoms with van der Waals surface area (Å²) in [4.78, 5) is 23.7. The number of carboxylic acids is 1. The third-order valence-corrected chi connectivity index (χ3v) is 5.16. The molecule has 0 aliphatic carbocycles. The Labute approximate surface area is 176 Å². The van der Waals surface area contributed by atoms with E-state index in [0.717, 1.165) is 16.7 Å². The van der Waals surface area contributed by atoms with Gasteiger partial charge in [0.1, 0.15) is 0 Å². The molecule has 3 aromatic carbocycles. The van der Waals surface area contributed by atoms with E-state index in [1.807, 2.05) is 91.0 Å². The molecule has 0 aliphatic rings. The van der Waals surface area contributed by atoms with Gasteiger partial charge in [-0.1, -0.05) is 91.0 Å². The van der Waals surface area contributed by atoms with E-state index in [0.29, 0.717) is 0 Å². The maximum atomic E-state index is 12.0. The number of methoxy groups -OCH3 is 1. The molecule has 5 nitrogen and oxygen atoms in total. The molecule has 5 heteroatoms. The summed E-state index contributed by atoms with van der Waals surface area (Å²) in [6.07, 6.45) is 0.0137. The summed E-state index contributed by atoms with van der Waals surface area (Å²) >= 11 is 0. The lowest BCUT2D eigenvalue weighted by molar-refractivity contribution is -0.309. The monoisotopic (exact) mass is 402 g/mol. The van der Waals surface area contributed by atoms with Crippen LogP contribution in [0.25, 0.3) is 0 Å². The number of carbonyl (C=O) groups is 2. The number of benzene rings is 3. The summed E-state index contributed by atoms with van der Waals surface area (Å²) in [5.41, 5.74) is 1.69. The average molecular weight is 402 g/mol. The fourth-order valence-electron chi connectivity index (χ4n) is 3.69. The predicted octanol–water partition coefficient (Wildman–Crippen LogP) is 2.64. The standard InChI is InChI=1S/C25H25NO4/c1-30-23(27)18-17-22(24(28)29)26-25(19-11-5-2-6-12-19,20-13-7-3-8-14-20)21-15-9-4-10-16-21/h2-16,22,26H,17-18H2,1H3,(H,28,29)/p-1/t22-/m0/s1. The average Bonchev–Trinajstić information content (AvgIpc) is 2.80. The van der Waals surface area contributed by atoms with Gasteiger partial charge < -0.3 is 14.6 Å². The van der Waals surface area contributed by atoms with Gasteiger partial charge in [-0.05, 0) is 23.1 Å². The normalized spacial score (nSPS) is 12.2. The first-order chi connectivity index (χ1) is 14.6. The van der Waals surface area contributed by atoms with Gasteiger partial charge in [0, 0.05) is 12.5 Å². The fourth-order valence-corrected chi connectivity index (χ4v) is 3.69. The van der Waals surface area contributed by atoms with E-state index in [2.05, 4.69) is 10.1 Å². The summed E-state index contributed by atoms with van der Waals surface area (Å²) in [6, 6.07) is 27.9. The SMILES string of the molecule is COC(=O)CC[C@H](NC(c1ccccc1)(c1ccccc1)c1ccccc1)C(=O)[O-]. The van der Waals surface area contributed by atoms with Crippen LogP contribution in [0.5, 0.6) is 0 Å². The number of carbonyl (C=O) groups excluding carboxylic acids is 2. The fraction of sp³-hybridized carbons (Fsp3) is 0.200. The summed E-state index contributed by atoms with van der Waals surface area (Å²) in [5.74, 6) is -1.74. The van der Waals surface area contributed by atoms with Crippen LogP contribution < -0.4 is 10.4 Å². The molecule has 0 saturated carbocycles. The van der Waals surface area contributed by atoms with E-state index < -0.39 is 23.5 Å². The molecule has 0 radical (unpaired) electrons. The minimum Gasteiger partial charge on any atom is -0.548 e. The highest BCUT2D eigenvalue weighted by Crippen LogP contribution is 2.37. The Hall–Kier alpha value is -3.44. The molecular weight excluding hydrogens is 378 g/mol. The molecule has 3 aromatic rings. The van der Waals surface area contributed by atoms with E-state index in [-0.39, 0.29) is 12.8 Å². The Morgan fingerprint density at radius 2 is 1.23 bits per heavy atom. The molecule has 0 aromatic heterocycles. The van der Waals surface area contributed by atoms with Crippen LogP contribution >= 0.6 is 0 Å². The van der Waals surface area contributed by atoms with Crippen molar-refractivity contribution in [2.45, 2.75) is 24.4 Å². The predicted molar refractivity (Wildman–Crippen MR) is 112 cm³/mol. The summed E-state index contributed by atoms with van der Waals surface area (Å²) in [6.45, 7) is 0. The zero-order valence-corrected chi connectivity index (χ0v) is 16.8. The second-order valence-electron chi connectivity index (χ2n) is 6.98. The van der Waals surface area contributed by atoms with Crippen LogP contribution in [-0.4, -0.2) is 25.1 Å². The molecule has 0 fully saturated rings. The molecule has 1 atom stereocenters. The second-order valence-corrected chi connectivity index (χ2v) is 6.98. The van der Waals surface area contributed by atoms with Gasteiger partial charge in [0.05, 0.1) is 18.6 Å². The summed E-state index contributed by atoms with van der Waals surface area (Å²) in [7, 11) is 1.28. The molecule has 0 unspecified atom stereocenters. The van der Waals surface area contributed by atoms with E-state index >= 15 is 0 Å². The van der Waals surface area contributed by atoms with Crippen molar-refractivity contribution in [1.82, 2.24) is 5.32 Å². The number of hydrogen-bond acceptors (Lipinski definition) is 5. The van der Waals surface area contributed by atoms with Gasteiger partial charge in [0.15, 0.2) is 0 Å². The lowest BCUT2D eigenvalue weighted by atomic mass is 9.76. The Bertz CT molecular complexity index is 862. The van der Waals surface area contributed by atoms with Crippen molar-refractivity contribution >= 4 is 11.9 Å². The minimum atomic E-state index is -1.27. The largest absolute Gasteiger partial charge is 0.548 e. The van der Waals surface area contributed by atoms with E-state index in [9.17, 15) is 14.7 Å². The summed E-state index contributed by atoms with van der Waals surface area (Å²) < 4.78 is 4.68. The molecule has 30 heavy (non-hydrogen) atoms. The maximum absolute atomic E-state index is 12.0. The van der Waals surface area contributed by atoms with Crippen LogP contribution in [0.15, 0.2) is 91.0 Å². The first-order valence-electron chi connectivity index (χ1n) is 9.80. The van der Waals surface area contributed by atoms with Gasteiger partial charge in [-0.3, -0.25) is 10.1 Å². The molecule has 154 valence electrons. The highest BCUT2D eigenvalue weighted by molar-refractivity contribution is 5.74. The van der Waals surface area contributed by atoms with Crippen molar-refractivity contribution in [2.75, 3.05) is 7.11 Å². The molecule has 1 N–H and O–H groups in total. The number of nitrogens with one attached hydrogen (secondary N) is 1. The van der Waals surface area contributed by atoms with Crippen molar-refractivity contribution < 1.29 is 19.4 Å². The van der Waals surface area contributed by atoms with Gasteiger partial charge in [0.2, 0.25) is 0 Å². The third kappa shape index (κ3) is 4.58. The zero-order valence-electron chi connectivity index (χ0n) is 16.8. The van der Waals surface area contributed by atoms with Crippen LogP contribution in [0, 0.1) is 0 Å². The van der Waals surface area contributed by atoms with Gasteiger partial charge in [-0.25, -0.2) is 0 Å². The first-order valence-corrected chi connectivity index (χ1v) is 9.80. The van der Waals surface area contributed by atoms with Crippen LogP contribution in [0.2, 0.25) is 0 Å². The van der Waals surface area contributed by atoms with Gasteiger partial charge in [-0.15, -0.1) is 0 Å². The topological polar surface area (TPSA) is 78.5 Å². The Kier molecular flexibility index (Phi) is 6.99. The number of ether oxygens (including phenoxy) is 1. The van der Waals surface area contributed by atoms with E-state index in [1.54, 1.807) is 0 Å². The molecule has 0 spiro atoms. The number of rotatable bonds is 9. The molecule has 0 bridgehead atoms. The van der Waals surface area contributed by atoms with E-state index in [4.69, 9.17) is 0 Å². The van der Waals surface area contributed by atoms with Gasteiger partial charge in [-0.2, -0.15) is 0 Å². The lowest BCUT2D eigenvalue weighted by Crippen LogP contribution is -2.56. The quantitative estimate of drug-likeness (QED) is 0.440. The van der Waals surface area contributed by atoms with Gasteiger partial charge in [0.25, 0.3) is 0 Å². The maximum Gasteiger partial charge on any atom is 0.305 e. The number of carboxylic acid groups (broad SMARTS) is 1. The molecule has 0 aliphatic heterocycles. The molecular formula is C25H24NO4-. The number of esters is 1. The van der Waals surface area contributed by atoms with Crippen molar-refractivity contribution in [3.05, 3.63) is 108 Å². The highest BCUT2D eigenvalue weighted by Gasteiger charge is 2.38. The van der Waals surface area contributed by atoms with Crippen molar-refractivity contribution in [2.24, 2.45) is 0 Å². The molecule has 0 saturated heterocycles. The van der Waals surface area contributed by atoms with E-state index in [1.165, 1.54) is 7.11 Å². The van der Waals surface area contributed by atoms with Crippen molar-refractivity contribution in [3.63, 3.8) is 0 Å². The Balaban J connectivity index is 2.17. The molecule has 3 rings (SSSR count). The molecule has 0 amide bonds. The first kappa shape index (κ1) is 21.3. The highest BCUT2D eigenvalue weighted by atomic mass is 16.5. The van der Waals surface area contributed by atoms with Crippen LogP contribution in [0.1, 0.15) is 29.5 Å². The second kappa shape index (κ2) is 9.85. The summed E-state index contributed by atoms with van der Waals surface area (Å²) in [5, 5.41) is 15.4. The third-order valence-electron chi connectivity index (χ3n) is 5.16. The Morgan fingerprint density at radius 1 is 0.833 bits per heavy atom. The number of aliphatic carboxylic acids is 1. The smallest absolute Gasteiger partial charge is 0.305 e. The minimum absolute atomic E-state index is 0.0312. The molecule has 0 heterocycles. The van der Waals surface area contributed by atoms with Crippen molar-refractivity contribution in [3.8, 4) is 0 Å². The van der Waals surface area contributed by atoms with Crippen LogP contribution in [0.3, 0.4) is 0 Å². The Morgan fingerprint density at radius 3 is 1.57 bits per heavy atom.